The van der Waals surface area contributed by atoms with E-state index >= 15 is 0 Å². The lowest BCUT2D eigenvalue weighted by Gasteiger charge is -2.40. The van der Waals surface area contributed by atoms with Gasteiger partial charge in [-0.05, 0) is 31.2 Å². The maximum Gasteiger partial charge on any atom is 0.151 e. The van der Waals surface area contributed by atoms with Crippen LogP contribution in [-0.2, 0) is 5.41 Å². The molecular weight excluding hydrogens is 316 g/mol. The van der Waals surface area contributed by atoms with Crippen LogP contribution in [0.3, 0.4) is 0 Å². The maximum absolute atomic E-state index is 10.1. The number of nitrogens with zero attached hydrogens (tertiary/aromatic N) is 3. The van der Waals surface area contributed by atoms with Crippen LogP contribution in [0.4, 0.5) is 5.82 Å². The van der Waals surface area contributed by atoms with Gasteiger partial charge in [0.05, 0.1) is 5.69 Å². The molecule has 1 saturated heterocycles. The summed E-state index contributed by atoms with van der Waals surface area (Å²) >= 11 is 0. The number of aliphatic hydroxyl groups excluding tert-OH is 1. The summed E-state index contributed by atoms with van der Waals surface area (Å²) in [5.41, 5.74) is 1.04. The van der Waals surface area contributed by atoms with Gasteiger partial charge in [0.1, 0.15) is 17.6 Å². The van der Waals surface area contributed by atoms with Gasteiger partial charge in [0.2, 0.25) is 0 Å². The predicted octanol–water partition coefficient (Wildman–Crippen LogP) is 2.43. The Morgan fingerprint density at radius 2 is 2.00 bits per heavy atom. The van der Waals surface area contributed by atoms with Crippen LogP contribution < -0.4 is 10.2 Å². The van der Waals surface area contributed by atoms with Crippen molar-refractivity contribution in [2.45, 2.75) is 39.2 Å². The summed E-state index contributed by atoms with van der Waals surface area (Å²) in [6, 6.07) is 7.82. The minimum Gasteiger partial charge on any atom is -0.464 e. The standard InChI is InChI=1S/C19H28N4O2/c1-13-5-6-16(25-13)15(24)10-20-9-14-11-23(12-14)18-8-7-17(21-22-18)19(2,3)4/h5-8,14-15,20,24H,9-12H2,1-4H3. The van der Waals surface area contributed by atoms with Gasteiger partial charge in [0.15, 0.2) is 5.82 Å². The largest absolute Gasteiger partial charge is 0.464 e. The fraction of sp³-hybridized carbons (Fsp3) is 0.579. The van der Waals surface area contributed by atoms with Gasteiger partial charge >= 0.3 is 0 Å². The molecule has 0 saturated carbocycles. The molecule has 1 unspecified atom stereocenters. The molecule has 136 valence electrons. The molecule has 0 radical (unpaired) electrons. The SMILES string of the molecule is Cc1ccc(C(O)CNCC2CN(c3ccc(C(C)(C)C)nn3)C2)o1. The van der Waals surface area contributed by atoms with E-state index in [4.69, 9.17) is 4.42 Å². The molecule has 0 aliphatic carbocycles. The van der Waals surface area contributed by atoms with E-state index in [-0.39, 0.29) is 5.41 Å². The molecule has 3 heterocycles. The lowest BCUT2D eigenvalue weighted by molar-refractivity contribution is 0.144. The van der Waals surface area contributed by atoms with Crippen LogP contribution >= 0.6 is 0 Å². The Hall–Kier alpha value is -1.92. The quantitative estimate of drug-likeness (QED) is 0.838. The van der Waals surface area contributed by atoms with Gasteiger partial charge in [-0.1, -0.05) is 20.8 Å². The number of aromatic nitrogens is 2. The minimum absolute atomic E-state index is 0.0281. The highest BCUT2D eigenvalue weighted by atomic mass is 16.4. The third kappa shape index (κ3) is 4.38. The average molecular weight is 344 g/mol. The molecule has 0 spiro atoms. The fourth-order valence-electron chi connectivity index (χ4n) is 2.94. The van der Waals surface area contributed by atoms with E-state index in [1.807, 2.05) is 19.1 Å². The predicted molar refractivity (Wildman–Crippen MR) is 97.7 cm³/mol. The molecule has 0 bridgehead atoms. The van der Waals surface area contributed by atoms with Crippen molar-refractivity contribution < 1.29 is 9.52 Å². The van der Waals surface area contributed by atoms with Crippen LogP contribution in [0.5, 0.6) is 0 Å². The van der Waals surface area contributed by atoms with Crippen molar-refractivity contribution >= 4 is 5.82 Å². The molecule has 6 heteroatoms. The molecule has 0 amide bonds. The van der Waals surface area contributed by atoms with E-state index in [0.717, 1.165) is 36.9 Å². The number of aryl methyl sites for hydroxylation is 1. The highest BCUT2D eigenvalue weighted by Crippen LogP contribution is 2.25. The molecular formula is C19H28N4O2. The molecule has 1 aliphatic rings. The number of nitrogens with one attached hydrogen (secondary N) is 1. The Bertz CT molecular complexity index is 684. The second kappa shape index (κ2) is 7.14. The van der Waals surface area contributed by atoms with Crippen LogP contribution in [0.15, 0.2) is 28.7 Å². The van der Waals surface area contributed by atoms with Crippen molar-refractivity contribution in [2.75, 3.05) is 31.1 Å². The molecule has 2 aromatic rings. The van der Waals surface area contributed by atoms with Gasteiger partial charge in [-0.2, -0.15) is 5.10 Å². The summed E-state index contributed by atoms with van der Waals surface area (Å²) < 4.78 is 5.44. The topological polar surface area (TPSA) is 74.4 Å². The lowest BCUT2D eigenvalue weighted by Crippen LogP contribution is -2.51. The molecule has 2 aromatic heterocycles. The van der Waals surface area contributed by atoms with Crippen molar-refractivity contribution in [3.8, 4) is 0 Å². The van der Waals surface area contributed by atoms with Gasteiger partial charge in [0.25, 0.3) is 0 Å². The highest BCUT2D eigenvalue weighted by molar-refractivity contribution is 5.41. The van der Waals surface area contributed by atoms with Gasteiger partial charge in [-0.15, -0.1) is 5.10 Å². The molecule has 1 aliphatic heterocycles. The molecule has 1 atom stereocenters. The lowest BCUT2D eigenvalue weighted by atomic mass is 9.92. The summed E-state index contributed by atoms with van der Waals surface area (Å²) in [6.07, 6.45) is -0.597. The van der Waals surface area contributed by atoms with Crippen LogP contribution in [0.25, 0.3) is 0 Å². The number of furan rings is 1. The number of rotatable bonds is 6. The Kier molecular flexibility index (Phi) is 5.11. The fourth-order valence-corrected chi connectivity index (χ4v) is 2.94. The Labute approximate surface area is 149 Å². The zero-order valence-electron chi connectivity index (χ0n) is 15.5. The van der Waals surface area contributed by atoms with Crippen molar-refractivity contribution in [1.82, 2.24) is 15.5 Å². The third-order valence-corrected chi connectivity index (χ3v) is 4.56. The number of hydrogen-bond donors (Lipinski definition) is 2. The highest BCUT2D eigenvalue weighted by Gasteiger charge is 2.28. The normalized spacial score (nSPS) is 16.8. The number of aliphatic hydroxyl groups is 1. The molecule has 0 aromatic carbocycles. The monoisotopic (exact) mass is 344 g/mol. The van der Waals surface area contributed by atoms with E-state index in [2.05, 4.69) is 53.3 Å². The first-order valence-corrected chi connectivity index (χ1v) is 8.87. The minimum atomic E-state index is -0.597. The smallest absolute Gasteiger partial charge is 0.151 e. The molecule has 3 rings (SSSR count). The summed E-state index contributed by atoms with van der Waals surface area (Å²) in [7, 11) is 0. The van der Waals surface area contributed by atoms with Crippen LogP contribution in [-0.4, -0.2) is 41.5 Å². The second-order valence-corrected chi connectivity index (χ2v) is 7.92. The zero-order valence-corrected chi connectivity index (χ0v) is 15.5. The number of anilines is 1. The van der Waals surface area contributed by atoms with E-state index < -0.39 is 6.10 Å². The Morgan fingerprint density at radius 1 is 1.24 bits per heavy atom. The Morgan fingerprint density at radius 3 is 2.56 bits per heavy atom. The average Bonchev–Trinajstić information content (AvgIpc) is 2.95. The summed E-state index contributed by atoms with van der Waals surface area (Å²) in [5.74, 6) is 2.95. The van der Waals surface area contributed by atoms with E-state index in [9.17, 15) is 5.11 Å². The van der Waals surface area contributed by atoms with Crippen LogP contribution in [0.1, 0.15) is 44.1 Å². The first-order valence-electron chi connectivity index (χ1n) is 8.87. The first kappa shape index (κ1) is 17.9. The third-order valence-electron chi connectivity index (χ3n) is 4.56. The summed E-state index contributed by atoms with van der Waals surface area (Å²) in [5, 5.41) is 22.1. The first-order chi connectivity index (χ1) is 11.8. The second-order valence-electron chi connectivity index (χ2n) is 7.92. The Balaban J connectivity index is 1.39. The van der Waals surface area contributed by atoms with E-state index in [1.54, 1.807) is 0 Å². The summed E-state index contributed by atoms with van der Waals surface area (Å²) in [6.45, 7) is 11.6. The van der Waals surface area contributed by atoms with Crippen LogP contribution in [0.2, 0.25) is 0 Å². The van der Waals surface area contributed by atoms with Gasteiger partial charge in [-0.25, -0.2) is 0 Å². The van der Waals surface area contributed by atoms with Crippen molar-refractivity contribution in [3.05, 3.63) is 41.5 Å². The maximum atomic E-state index is 10.1. The van der Waals surface area contributed by atoms with Crippen molar-refractivity contribution in [1.29, 1.82) is 0 Å². The van der Waals surface area contributed by atoms with Gasteiger partial charge in [0, 0.05) is 37.5 Å². The van der Waals surface area contributed by atoms with Crippen molar-refractivity contribution in [2.24, 2.45) is 5.92 Å². The molecule has 6 nitrogen and oxygen atoms in total. The zero-order chi connectivity index (χ0) is 18.0. The molecule has 1 fully saturated rings. The van der Waals surface area contributed by atoms with Gasteiger partial charge < -0.3 is 19.7 Å². The molecule has 2 N–H and O–H groups in total. The van der Waals surface area contributed by atoms with Crippen molar-refractivity contribution in [3.63, 3.8) is 0 Å². The van der Waals surface area contributed by atoms with E-state index in [0.29, 0.717) is 18.2 Å². The van der Waals surface area contributed by atoms with Crippen LogP contribution in [0, 0.1) is 12.8 Å². The number of hydrogen-bond acceptors (Lipinski definition) is 6. The molecule has 25 heavy (non-hydrogen) atoms. The van der Waals surface area contributed by atoms with Gasteiger partial charge in [-0.3, -0.25) is 0 Å². The summed E-state index contributed by atoms with van der Waals surface area (Å²) in [4.78, 5) is 2.23. The van der Waals surface area contributed by atoms with E-state index in [1.165, 1.54) is 0 Å².